The highest BCUT2D eigenvalue weighted by Gasteiger charge is 2.05. The molecule has 18 heavy (non-hydrogen) atoms. The van der Waals surface area contributed by atoms with Crippen LogP contribution in [0.5, 0.6) is 11.5 Å². The molecule has 0 fully saturated rings. The lowest BCUT2D eigenvalue weighted by Gasteiger charge is -2.09. The molecular formula is C14H12BBrO2. The van der Waals surface area contributed by atoms with Crippen LogP contribution in [-0.4, -0.2) is 22.1 Å². The molecule has 2 radical (unpaired) electrons. The summed E-state index contributed by atoms with van der Waals surface area (Å²) >= 11 is 3.46. The van der Waals surface area contributed by atoms with Crippen molar-refractivity contribution in [2.45, 2.75) is 0 Å². The fourth-order valence-corrected chi connectivity index (χ4v) is 2.23. The van der Waals surface area contributed by atoms with Gasteiger partial charge in [-0.3, -0.25) is 0 Å². The molecule has 2 nitrogen and oxygen atoms in total. The van der Waals surface area contributed by atoms with E-state index >= 15 is 0 Å². The van der Waals surface area contributed by atoms with Gasteiger partial charge in [0.2, 0.25) is 0 Å². The molecule has 0 spiro atoms. The largest absolute Gasteiger partial charge is 0.497 e. The maximum Gasteiger partial charge on any atom is 0.120 e. The van der Waals surface area contributed by atoms with Crippen LogP contribution in [0, 0.1) is 0 Å². The lowest BCUT2D eigenvalue weighted by atomic mass is 9.92. The van der Waals surface area contributed by atoms with Crippen molar-refractivity contribution < 1.29 is 9.47 Å². The third kappa shape index (κ3) is 2.88. The molecule has 2 aromatic rings. The Morgan fingerprint density at radius 1 is 0.833 bits per heavy atom. The van der Waals surface area contributed by atoms with Crippen LogP contribution in [0.4, 0.5) is 0 Å². The molecular weight excluding hydrogens is 291 g/mol. The monoisotopic (exact) mass is 302 g/mol. The van der Waals surface area contributed by atoms with Gasteiger partial charge < -0.3 is 9.47 Å². The Hall–Kier alpha value is -1.42. The van der Waals surface area contributed by atoms with Crippen molar-refractivity contribution in [3.63, 3.8) is 0 Å². The summed E-state index contributed by atoms with van der Waals surface area (Å²) < 4.78 is 11.4. The minimum absolute atomic E-state index is 0.670. The second kappa shape index (κ2) is 5.48. The van der Waals surface area contributed by atoms with E-state index in [2.05, 4.69) is 15.9 Å². The number of benzene rings is 2. The minimum atomic E-state index is 0.670. The van der Waals surface area contributed by atoms with Gasteiger partial charge in [0.15, 0.2) is 0 Å². The molecule has 0 saturated heterocycles. The fraction of sp³-hybridized carbons (Fsp3) is 0.143. The number of methoxy groups -OCH3 is 2. The standard InChI is InChI=1S/C14H12BBrO2/c1-17-13-5-9(3-11(15)7-13)10-4-12(16)8-14(6-10)18-2/h3-8H,1-2H3. The summed E-state index contributed by atoms with van der Waals surface area (Å²) in [7, 11) is 9.13. The van der Waals surface area contributed by atoms with Crippen molar-refractivity contribution >= 4 is 29.2 Å². The van der Waals surface area contributed by atoms with Crippen LogP contribution in [0.15, 0.2) is 40.9 Å². The zero-order chi connectivity index (χ0) is 13.1. The summed E-state index contributed by atoms with van der Waals surface area (Å²) in [6, 6.07) is 11.5. The van der Waals surface area contributed by atoms with Crippen LogP contribution >= 0.6 is 15.9 Å². The van der Waals surface area contributed by atoms with Crippen LogP contribution in [0.2, 0.25) is 0 Å². The van der Waals surface area contributed by atoms with E-state index in [4.69, 9.17) is 17.3 Å². The van der Waals surface area contributed by atoms with E-state index in [-0.39, 0.29) is 0 Å². The zero-order valence-corrected chi connectivity index (χ0v) is 11.8. The molecule has 2 rings (SSSR count). The van der Waals surface area contributed by atoms with Crippen molar-refractivity contribution in [1.29, 1.82) is 0 Å². The van der Waals surface area contributed by atoms with Crippen molar-refractivity contribution in [3.8, 4) is 22.6 Å². The topological polar surface area (TPSA) is 18.5 Å². The molecule has 0 aliphatic carbocycles. The molecule has 0 aromatic heterocycles. The third-order valence-electron chi connectivity index (χ3n) is 2.60. The SMILES string of the molecule is [B]c1cc(OC)cc(-c2cc(Br)cc(OC)c2)c1. The molecule has 0 N–H and O–H groups in total. The van der Waals surface area contributed by atoms with Gasteiger partial charge in [0, 0.05) is 4.47 Å². The summed E-state index contributed by atoms with van der Waals surface area (Å²) in [4.78, 5) is 0. The third-order valence-corrected chi connectivity index (χ3v) is 3.06. The fourth-order valence-electron chi connectivity index (χ4n) is 1.75. The molecule has 0 unspecified atom stereocenters. The molecule has 2 aromatic carbocycles. The van der Waals surface area contributed by atoms with Gasteiger partial charge in [-0.1, -0.05) is 27.5 Å². The smallest absolute Gasteiger partial charge is 0.120 e. The first kappa shape index (κ1) is 13.0. The summed E-state index contributed by atoms with van der Waals surface area (Å²) in [6.45, 7) is 0. The first-order valence-electron chi connectivity index (χ1n) is 5.42. The molecule has 90 valence electrons. The van der Waals surface area contributed by atoms with Crippen molar-refractivity contribution in [1.82, 2.24) is 0 Å². The molecule has 0 amide bonds. The minimum Gasteiger partial charge on any atom is -0.497 e. The Morgan fingerprint density at radius 2 is 1.39 bits per heavy atom. The number of ether oxygens (including phenoxy) is 2. The average molecular weight is 303 g/mol. The summed E-state index contributed by atoms with van der Waals surface area (Å²) in [5.41, 5.74) is 2.68. The molecule has 0 aliphatic heterocycles. The Labute approximate surface area is 116 Å². The van der Waals surface area contributed by atoms with E-state index in [1.54, 1.807) is 20.3 Å². The first-order chi connectivity index (χ1) is 8.62. The van der Waals surface area contributed by atoms with E-state index in [0.29, 0.717) is 5.46 Å². The van der Waals surface area contributed by atoms with E-state index in [1.807, 2.05) is 30.3 Å². The lowest BCUT2D eigenvalue weighted by molar-refractivity contribution is 0.414. The quantitative estimate of drug-likeness (QED) is 0.812. The Bertz CT molecular complexity index is 518. The Balaban J connectivity index is 2.53. The summed E-state index contributed by atoms with van der Waals surface area (Å²) in [5.74, 6) is 1.53. The van der Waals surface area contributed by atoms with Crippen LogP contribution in [-0.2, 0) is 0 Å². The molecule has 4 heteroatoms. The predicted octanol–water partition coefficient (Wildman–Crippen LogP) is 2.93. The van der Waals surface area contributed by atoms with Crippen molar-refractivity contribution in [2.75, 3.05) is 14.2 Å². The zero-order valence-electron chi connectivity index (χ0n) is 10.2. The van der Waals surface area contributed by atoms with Crippen LogP contribution in [0.1, 0.15) is 0 Å². The highest BCUT2D eigenvalue weighted by molar-refractivity contribution is 9.10. The first-order valence-corrected chi connectivity index (χ1v) is 6.21. The van der Waals surface area contributed by atoms with Crippen LogP contribution < -0.4 is 14.9 Å². The van der Waals surface area contributed by atoms with Crippen molar-refractivity contribution in [2.24, 2.45) is 0 Å². The Kier molecular flexibility index (Phi) is 3.97. The van der Waals surface area contributed by atoms with Gasteiger partial charge in [-0.2, -0.15) is 0 Å². The number of hydrogen-bond donors (Lipinski definition) is 0. The highest BCUT2D eigenvalue weighted by Crippen LogP contribution is 2.29. The molecule has 0 heterocycles. The second-order valence-corrected chi connectivity index (χ2v) is 4.79. The molecule has 0 saturated carbocycles. The number of halogens is 1. The van der Waals surface area contributed by atoms with E-state index in [1.165, 1.54) is 0 Å². The summed E-state index contributed by atoms with van der Waals surface area (Å²) in [5, 5.41) is 0. The van der Waals surface area contributed by atoms with Gasteiger partial charge in [0.1, 0.15) is 19.3 Å². The van der Waals surface area contributed by atoms with Gasteiger partial charge >= 0.3 is 0 Å². The predicted molar refractivity (Wildman–Crippen MR) is 78.1 cm³/mol. The number of hydrogen-bond acceptors (Lipinski definition) is 2. The Morgan fingerprint density at radius 3 is 2.00 bits per heavy atom. The molecule has 0 aliphatic rings. The average Bonchev–Trinajstić information content (AvgIpc) is 2.37. The van der Waals surface area contributed by atoms with Gasteiger partial charge in [0.05, 0.1) is 14.2 Å². The van der Waals surface area contributed by atoms with Crippen LogP contribution in [0.25, 0.3) is 11.1 Å². The van der Waals surface area contributed by atoms with Gasteiger partial charge in [-0.05, 0) is 41.5 Å². The maximum atomic E-state index is 5.86. The van der Waals surface area contributed by atoms with E-state index in [0.717, 1.165) is 27.1 Å². The number of rotatable bonds is 3. The van der Waals surface area contributed by atoms with Gasteiger partial charge in [-0.15, -0.1) is 0 Å². The highest BCUT2D eigenvalue weighted by atomic mass is 79.9. The normalized spacial score (nSPS) is 10.2. The van der Waals surface area contributed by atoms with Crippen LogP contribution in [0.3, 0.4) is 0 Å². The van der Waals surface area contributed by atoms with E-state index in [9.17, 15) is 0 Å². The second-order valence-electron chi connectivity index (χ2n) is 3.87. The van der Waals surface area contributed by atoms with Gasteiger partial charge in [0.25, 0.3) is 0 Å². The molecule has 0 atom stereocenters. The lowest BCUT2D eigenvalue weighted by Crippen LogP contribution is -2.03. The maximum absolute atomic E-state index is 5.86. The molecule has 0 bridgehead atoms. The summed E-state index contributed by atoms with van der Waals surface area (Å²) in [6.07, 6.45) is 0. The van der Waals surface area contributed by atoms with E-state index < -0.39 is 0 Å². The van der Waals surface area contributed by atoms with Crippen molar-refractivity contribution in [3.05, 3.63) is 40.9 Å². The van der Waals surface area contributed by atoms with Gasteiger partial charge in [-0.25, -0.2) is 0 Å².